The van der Waals surface area contributed by atoms with Gasteiger partial charge in [-0.05, 0) is 30.3 Å². The summed E-state index contributed by atoms with van der Waals surface area (Å²) >= 11 is 0. The highest BCUT2D eigenvalue weighted by Gasteiger charge is 2.28. The third kappa shape index (κ3) is 3.05. The second-order valence-corrected chi connectivity index (χ2v) is 6.65. The zero-order valence-corrected chi connectivity index (χ0v) is 14.7. The number of rotatable bonds is 3. The number of methoxy groups -OCH3 is 1. The van der Waals surface area contributed by atoms with Crippen molar-refractivity contribution in [2.75, 3.05) is 38.2 Å². The van der Waals surface area contributed by atoms with E-state index in [9.17, 15) is 9.18 Å². The molecule has 2 aliphatic rings. The van der Waals surface area contributed by atoms with Crippen molar-refractivity contribution in [1.82, 2.24) is 4.90 Å². The predicted octanol–water partition coefficient (Wildman–Crippen LogP) is 3.28. The van der Waals surface area contributed by atoms with Crippen LogP contribution in [0.15, 0.2) is 54.2 Å². The number of ketones is 1. The van der Waals surface area contributed by atoms with Crippen LogP contribution in [0.4, 0.5) is 10.1 Å². The maximum Gasteiger partial charge on any atom is 0.191 e. The molecule has 0 saturated carbocycles. The Bertz CT molecular complexity index is 853. The van der Waals surface area contributed by atoms with Crippen LogP contribution >= 0.6 is 0 Å². The molecule has 0 bridgehead atoms. The normalized spacial score (nSPS) is 18.4. The quantitative estimate of drug-likeness (QED) is 0.794. The molecule has 0 radical (unpaired) electrons. The standard InChI is InChI=1S/C21H21FN2O2/c1-26-17-7-5-16(6-8-17)24-11-9-23(10-12-24)14-15-13-19-18(21(15)25)3-2-4-20(19)22/h2-8,14H,9-13H2,1H3. The Morgan fingerprint density at radius 3 is 2.42 bits per heavy atom. The van der Waals surface area contributed by atoms with Crippen LogP contribution in [0.3, 0.4) is 0 Å². The number of ether oxygens (including phenoxy) is 1. The summed E-state index contributed by atoms with van der Waals surface area (Å²) in [7, 11) is 1.66. The number of hydrogen-bond donors (Lipinski definition) is 0. The molecule has 26 heavy (non-hydrogen) atoms. The van der Waals surface area contributed by atoms with Gasteiger partial charge in [0.25, 0.3) is 0 Å². The van der Waals surface area contributed by atoms with Crippen molar-refractivity contribution in [2.45, 2.75) is 6.42 Å². The SMILES string of the molecule is COc1ccc(N2CCN(C=C3Cc4c(F)cccc4C3=O)CC2)cc1. The third-order valence-corrected chi connectivity index (χ3v) is 5.11. The Balaban J connectivity index is 1.42. The van der Waals surface area contributed by atoms with E-state index in [1.54, 1.807) is 19.2 Å². The molecule has 4 nitrogen and oxygen atoms in total. The molecular formula is C21H21FN2O2. The summed E-state index contributed by atoms with van der Waals surface area (Å²) in [5.74, 6) is 0.518. The van der Waals surface area contributed by atoms with E-state index in [0.717, 1.165) is 31.9 Å². The molecule has 1 aliphatic heterocycles. The van der Waals surface area contributed by atoms with Gasteiger partial charge in [0.2, 0.25) is 0 Å². The first kappa shape index (κ1) is 16.6. The number of piperazine rings is 1. The molecule has 0 unspecified atom stereocenters. The first-order valence-electron chi connectivity index (χ1n) is 8.81. The van der Waals surface area contributed by atoms with E-state index in [0.29, 0.717) is 23.1 Å². The van der Waals surface area contributed by atoms with Crippen molar-refractivity contribution in [3.05, 3.63) is 71.2 Å². The Labute approximate surface area is 152 Å². The molecule has 2 aromatic carbocycles. The summed E-state index contributed by atoms with van der Waals surface area (Å²) in [5.41, 5.74) is 2.89. The molecule has 2 aromatic rings. The number of carbonyl (C=O) groups excluding carboxylic acids is 1. The first-order chi connectivity index (χ1) is 12.7. The molecule has 0 amide bonds. The summed E-state index contributed by atoms with van der Waals surface area (Å²) in [5, 5.41) is 0. The van der Waals surface area contributed by atoms with Gasteiger partial charge in [0.1, 0.15) is 11.6 Å². The van der Waals surface area contributed by atoms with E-state index in [1.807, 2.05) is 18.3 Å². The number of nitrogens with zero attached hydrogens (tertiary/aromatic N) is 2. The van der Waals surface area contributed by atoms with Gasteiger partial charge in [0.15, 0.2) is 5.78 Å². The largest absolute Gasteiger partial charge is 0.497 e. The van der Waals surface area contributed by atoms with Gasteiger partial charge >= 0.3 is 0 Å². The van der Waals surface area contributed by atoms with Crippen molar-refractivity contribution >= 4 is 11.5 Å². The first-order valence-corrected chi connectivity index (χ1v) is 8.81. The van der Waals surface area contributed by atoms with E-state index in [1.165, 1.54) is 11.8 Å². The van der Waals surface area contributed by atoms with Crippen molar-refractivity contribution in [3.8, 4) is 5.75 Å². The molecule has 0 aromatic heterocycles. The maximum atomic E-state index is 13.9. The lowest BCUT2D eigenvalue weighted by atomic mass is 10.1. The van der Waals surface area contributed by atoms with Crippen molar-refractivity contribution in [1.29, 1.82) is 0 Å². The lowest BCUT2D eigenvalue weighted by Gasteiger charge is -2.35. The number of halogens is 1. The second kappa shape index (κ2) is 6.83. The Morgan fingerprint density at radius 1 is 1.04 bits per heavy atom. The van der Waals surface area contributed by atoms with E-state index < -0.39 is 0 Å². The smallest absolute Gasteiger partial charge is 0.191 e. The fraction of sp³-hybridized carbons (Fsp3) is 0.286. The van der Waals surface area contributed by atoms with E-state index in [2.05, 4.69) is 21.9 Å². The molecule has 1 saturated heterocycles. The van der Waals surface area contributed by atoms with Gasteiger partial charge in [0.05, 0.1) is 7.11 Å². The van der Waals surface area contributed by atoms with Crippen molar-refractivity contribution in [3.63, 3.8) is 0 Å². The highest BCUT2D eigenvalue weighted by molar-refractivity contribution is 6.13. The molecule has 4 rings (SSSR count). The zero-order valence-electron chi connectivity index (χ0n) is 14.7. The van der Waals surface area contributed by atoms with Crippen LogP contribution in [0.5, 0.6) is 5.75 Å². The monoisotopic (exact) mass is 352 g/mol. The molecule has 1 aliphatic carbocycles. The molecule has 0 atom stereocenters. The topological polar surface area (TPSA) is 32.8 Å². The molecule has 1 fully saturated rings. The van der Waals surface area contributed by atoms with Gasteiger partial charge in [-0.3, -0.25) is 4.79 Å². The zero-order chi connectivity index (χ0) is 18.1. The molecule has 0 spiro atoms. The summed E-state index contributed by atoms with van der Waals surface area (Å²) in [6.45, 7) is 3.43. The minimum atomic E-state index is -0.288. The minimum Gasteiger partial charge on any atom is -0.497 e. The highest BCUT2D eigenvalue weighted by atomic mass is 19.1. The number of Topliss-reactive ketones (excluding diaryl/α,β-unsaturated/α-hetero) is 1. The number of carbonyl (C=O) groups is 1. The van der Waals surface area contributed by atoms with Gasteiger partial charge in [0, 0.05) is 61.2 Å². The van der Waals surface area contributed by atoms with Gasteiger partial charge in [-0.15, -0.1) is 0 Å². The van der Waals surface area contributed by atoms with Crippen LogP contribution in [0.25, 0.3) is 0 Å². The Kier molecular flexibility index (Phi) is 4.37. The van der Waals surface area contributed by atoms with Crippen LogP contribution in [0.1, 0.15) is 15.9 Å². The van der Waals surface area contributed by atoms with E-state index >= 15 is 0 Å². The summed E-state index contributed by atoms with van der Waals surface area (Å²) < 4.78 is 19.1. The Hall–Kier alpha value is -2.82. The summed E-state index contributed by atoms with van der Waals surface area (Å²) in [6.07, 6.45) is 2.31. The Morgan fingerprint density at radius 2 is 1.77 bits per heavy atom. The minimum absolute atomic E-state index is 0.0444. The number of benzene rings is 2. The fourth-order valence-corrected chi connectivity index (χ4v) is 3.62. The van der Waals surface area contributed by atoms with Crippen molar-refractivity contribution < 1.29 is 13.9 Å². The lowest BCUT2D eigenvalue weighted by molar-refractivity contribution is 0.103. The summed E-state index contributed by atoms with van der Waals surface area (Å²) in [6, 6.07) is 12.8. The highest BCUT2D eigenvalue weighted by Crippen LogP contribution is 2.29. The van der Waals surface area contributed by atoms with E-state index in [4.69, 9.17) is 4.74 Å². The maximum absolute atomic E-state index is 13.9. The van der Waals surface area contributed by atoms with Crippen LogP contribution < -0.4 is 9.64 Å². The van der Waals surface area contributed by atoms with Crippen LogP contribution in [-0.2, 0) is 6.42 Å². The van der Waals surface area contributed by atoms with Crippen molar-refractivity contribution in [2.24, 2.45) is 0 Å². The summed E-state index contributed by atoms with van der Waals surface area (Å²) in [4.78, 5) is 17.0. The van der Waals surface area contributed by atoms with Crippen LogP contribution in [0.2, 0.25) is 0 Å². The van der Waals surface area contributed by atoms with E-state index in [-0.39, 0.29) is 11.6 Å². The second-order valence-electron chi connectivity index (χ2n) is 6.65. The predicted molar refractivity (Wildman–Crippen MR) is 99.3 cm³/mol. The van der Waals surface area contributed by atoms with Gasteiger partial charge in [-0.25, -0.2) is 4.39 Å². The molecule has 0 N–H and O–H groups in total. The fourth-order valence-electron chi connectivity index (χ4n) is 3.62. The molecule has 1 heterocycles. The average molecular weight is 352 g/mol. The van der Waals surface area contributed by atoms with Crippen LogP contribution in [-0.4, -0.2) is 44.0 Å². The molecule has 134 valence electrons. The van der Waals surface area contributed by atoms with Gasteiger partial charge in [-0.2, -0.15) is 0 Å². The number of hydrogen-bond acceptors (Lipinski definition) is 4. The molecular weight excluding hydrogens is 331 g/mol. The van der Waals surface area contributed by atoms with Gasteiger partial charge < -0.3 is 14.5 Å². The average Bonchev–Trinajstić information content (AvgIpc) is 3.00. The van der Waals surface area contributed by atoms with Crippen LogP contribution in [0, 0.1) is 5.82 Å². The molecule has 5 heteroatoms. The number of anilines is 1. The lowest BCUT2D eigenvalue weighted by Crippen LogP contribution is -2.44. The number of allylic oxidation sites excluding steroid dienone is 1. The van der Waals surface area contributed by atoms with Gasteiger partial charge in [-0.1, -0.05) is 12.1 Å². The number of fused-ring (bicyclic) bond motifs is 1. The third-order valence-electron chi connectivity index (χ3n) is 5.11.